The van der Waals surface area contributed by atoms with Crippen LogP contribution in [0.2, 0.25) is 0 Å². The highest BCUT2D eigenvalue weighted by Gasteiger charge is 2.62. The zero-order valence-corrected chi connectivity index (χ0v) is 17.4. The summed E-state index contributed by atoms with van der Waals surface area (Å²) >= 11 is 3.37. The number of hydrogen-bond acceptors (Lipinski definition) is 8. The number of ether oxygens (including phenoxy) is 3. The first-order chi connectivity index (χ1) is 13.8. The second kappa shape index (κ2) is 7.75. The van der Waals surface area contributed by atoms with Gasteiger partial charge in [0, 0.05) is 15.7 Å². The van der Waals surface area contributed by atoms with Gasteiger partial charge < -0.3 is 25.3 Å². The predicted molar refractivity (Wildman–Crippen MR) is 107 cm³/mol. The lowest BCUT2D eigenvalue weighted by molar-refractivity contribution is -0.147. The van der Waals surface area contributed by atoms with Crippen molar-refractivity contribution in [3.63, 3.8) is 0 Å². The van der Waals surface area contributed by atoms with Gasteiger partial charge >= 0.3 is 17.9 Å². The van der Waals surface area contributed by atoms with Crippen molar-refractivity contribution >= 4 is 39.5 Å². The first-order valence-electron chi connectivity index (χ1n) is 8.75. The number of carbonyl (C=O) groups is 3. The molecule has 0 fully saturated rings. The van der Waals surface area contributed by atoms with Crippen molar-refractivity contribution in [2.75, 3.05) is 18.5 Å². The van der Waals surface area contributed by atoms with Crippen molar-refractivity contribution in [3.8, 4) is 0 Å². The summed E-state index contributed by atoms with van der Waals surface area (Å²) in [5.74, 6) is -2.60. The lowest BCUT2D eigenvalue weighted by atomic mass is 9.67. The minimum atomic E-state index is -1.93. The van der Waals surface area contributed by atoms with E-state index in [1.54, 1.807) is 25.1 Å². The van der Waals surface area contributed by atoms with Crippen LogP contribution in [0.4, 0.5) is 5.69 Å². The van der Waals surface area contributed by atoms with Crippen LogP contribution in [0.3, 0.4) is 0 Å². The Bertz CT molecular complexity index is 997. The number of esters is 3. The van der Waals surface area contributed by atoms with Crippen LogP contribution in [0.5, 0.6) is 0 Å². The van der Waals surface area contributed by atoms with Crippen molar-refractivity contribution in [3.05, 3.63) is 63.6 Å². The molecule has 0 saturated heterocycles. The summed E-state index contributed by atoms with van der Waals surface area (Å²) in [5.41, 5.74) is 4.62. The summed E-state index contributed by atoms with van der Waals surface area (Å²) < 4.78 is 16.3. The van der Waals surface area contributed by atoms with E-state index in [9.17, 15) is 14.4 Å². The summed E-state index contributed by atoms with van der Waals surface area (Å²) in [6, 6.07) is 5.02. The smallest absolute Gasteiger partial charge is 0.339 e. The SMILES string of the molecule is C=CCOC(=O)C1=C(C)OC(=O)[C@@]12C(C(=O)OCC)=C(N)Nc1ccc(Br)cc12. The van der Waals surface area contributed by atoms with Gasteiger partial charge in [-0.05, 0) is 32.0 Å². The standard InChI is InChI=1S/C20H19BrN2O6/c1-4-8-28-17(24)14-10(3)29-19(26)20(14)12-9-11(21)6-7-13(12)23-16(22)15(20)18(25)27-5-2/h4,6-7,9,23H,1,5,8,22H2,2-3H3/t20-/m1/s1. The number of benzene rings is 1. The van der Waals surface area contributed by atoms with E-state index in [0.29, 0.717) is 15.7 Å². The molecule has 0 amide bonds. The van der Waals surface area contributed by atoms with E-state index >= 15 is 0 Å². The van der Waals surface area contributed by atoms with Crippen LogP contribution >= 0.6 is 15.9 Å². The summed E-state index contributed by atoms with van der Waals surface area (Å²) in [6.45, 7) is 6.55. The van der Waals surface area contributed by atoms with Gasteiger partial charge in [0.05, 0.1) is 6.61 Å². The number of fused-ring (bicyclic) bond motifs is 2. The number of nitrogens with one attached hydrogen (secondary N) is 1. The molecule has 0 radical (unpaired) electrons. The number of anilines is 1. The molecule has 2 heterocycles. The maximum absolute atomic E-state index is 13.3. The Hall–Kier alpha value is -3.07. The topological polar surface area (TPSA) is 117 Å². The van der Waals surface area contributed by atoms with Crippen molar-refractivity contribution in [2.24, 2.45) is 5.73 Å². The molecular formula is C20H19BrN2O6. The van der Waals surface area contributed by atoms with Gasteiger partial charge in [-0.2, -0.15) is 0 Å². The van der Waals surface area contributed by atoms with Gasteiger partial charge in [0.2, 0.25) is 0 Å². The molecule has 2 aliphatic rings. The largest absolute Gasteiger partial charge is 0.462 e. The lowest BCUT2D eigenvalue weighted by Crippen LogP contribution is -2.47. The van der Waals surface area contributed by atoms with E-state index in [-0.39, 0.29) is 35.9 Å². The number of allylic oxidation sites excluding steroid dienone is 1. The fourth-order valence-electron chi connectivity index (χ4n) is 3.55. The molecule has 29 heavy (non-hydrogen) atoms. The van der Waals surface area contributed by atoms with Crippen LogP contribution in [0.15, 0.2) is 58.1 Å². The Balaban J connectivity index is 2.37. The minimum absolute atomic E-state index is 0.0199. The molecule has 0 unspecified atom stereocenters. The quantitative estimate of drug-likeness (QED) is 0.389. The molecule has 0 aromatic heterocycles. The summed E-state index contributed by atoms with van der Waals surface area (Å²) in [4.78, 5) is 39.1. The Morgan fingerprint density at radius 2 is 2.00 bits per heavy atom. The number of halogens is 1. The van der Waals surface area contributed by atoms with Crippen LogP contribution < -0.4 is 11.1 Å². The Morgan fingerprint density at radius 1 is 1.31 bits per heavy atom. The Kier molecular flexibility index (Phi) is 5.52. The van der Waals surface area contributed by atoms with E-state index in [0.717, 1.165) is 0 Å². The molecule has 9 heteroatoms. The van der Waals surface area contributed by atoms with Crippen molar-refractivity contribution in [1.29, 1.82) is 0 Å². The van der Waals surface area contributed by atoms with E-state index in [1.165, 1.54) is 13.0 Å². The maximum Gasteiger partial charge on any atom is 0.339 e. The van der Waals surface area contributed by atoms with Crippen LogP contribution in [0.1, 0.15) is 19.4 Å². The van der Waals surface area contributed by atoms with Gasteiger partial charge in [-0.3, -0.25) is 0 Å². The van der Waals surface area contributed by atoms with E-state index in [2.05, 4.69) is 27.8 Å². The molecule has 0 saturated carbocycles. The van der Waals surface area contributed by atoms with E-state index < -0.39 is 23.3 Å². The Morgan fingerprint density at radius 3 is 2.66 bits per heavy atom. The van der Waals surface area contributed by atoms with Gasteiger partial charge in [-0.25, -0.2) is 14.4 Å². The van der Waals surface area contributed by atoms with E-state index in [1.807, 2.05) is 0 Å². The average Bonchev–Trinajstić information content (AvgIpc) is 2.91. The number of carbonyl (C=O) groups excluding carboxylic acids is 3. The number of rotatable bonds is 5. The van der Waals surface area contributed by atoms with E-state index in [4.69, 9.17) is 19.9 Å². The van der Waals surface area contributed by atoms with Crippen LogP contribution in [0, 0.1) is 0 Å². The van der Waals surface area contributed by atoms with Crippen molar-refractivity contribution in [2.45, 2.75) is 19.3 Å². The fourth-order valence-corrected chi connectivity index (χ4v) is 3.92. The van der Waals surface area contributed by atoms with Crippen molar-refractivity contribution < 1.29 is 28.6 Å². The molecule has 3 rings (SSSR count). The highest BCUT2D eigenvalue weighted by molar-refractivity contribution is 9.10. The molecule has 152 valence electrons. The molecule has 0 aliphatic carbocycles. The third kappa shape index (κ3) is 3.11. The van der Waals surface area contributed by atoms with Crippen LogP contribution in [-0.2, 0) is 34.0 Å². The summed E-state index contributed by atoms with van der Waals surface area (Å²) in [5, 5.41) is 2.90. The second-order valence-corrected chi connectivity index (χ2v) is 7.20. The average molecular weight is 463 g/mol. The van der Waals surface area contributed by atoms with Crippen LogP contribution in [0.25, 0.3) is 0 Å². The normalized spacial score (nSPS) is 20.2. The first kappa shape index (κ1) is 20.7. The molecular weight excluding hydrogens is 444 g/mol. The van der Waals surface area contributed by atoms with Crippen LogP contribution in [-0.4, -0.2) is 31.1 Å². The second-order valence-electron chi connectivity index (χ2n) is 6.28. The predicted octanol–water partition coefficient (Wildman–Crippen LogP) is 2.41. The number of hydrogen-bond donors (Lipinski definition) is 2. The minimum Gasteiger partial charge on any atom is -0.462 e. The lowest BCUT2D eigenvalue weighted by Gasteiger charge is -2.36. The third-order valence-electron chi connectivity index (χ3n) is 4.59. The molecule has 1 spiro atoms. The monoisotopic (exact) mass is 462 g/mol. The molecule has 8 nitrogen and oxygen atoms in total. The van der Waals surface area contributed by atoms with Gasteiger partial charge in [-0.1, -0.05) is 28.6 Å². The van der Waals surface area contributed by atoms with Gasteiger partial charge in [-0.15, -0.1) is 0 Å². The third-order valence-corrected chi connectivity index (χ3v) is 5.09. The zero-order chi connectivity index (χ0) is 21.3. The summed E-state index contributed by atoms with van der Waals surface area (Å²) in [6.07, 6.45) is 1.39. The molecule has 1 atom stereocenters. The maximum atomic E-state index is 13.3. The van der Waals surface area contributed by atoms with Gasteiger partial charge in [0.15, 0.2) is 5.41 Å². The summed E-state index contributed by atoms with van der Waals surface area (Å²) in [7, 11) is 0. The molecule has 0 bridgehead atoms. The Labute approximate surface area is 175 Å². The van der Waals surface area contributed by atoms with Crippen molar-refractivity contribution in [1.82, 2.24) is 0 Å². The number of cyclic esters (lactones) is 1. The zero-order valence-electron chi connectivity index (χ0n) is 15.8. The first-order valence-corrected chi connectivity index (χ1v) is 9.54. The fraction of sp³-hybridized carbons (Fsp3) is 0.250. The molecule has 1 aromatic carbocycles. The highest BCUT2D eigenvalue weighted by atomic mass is 79.9. The van der Waals surface area contributed by atoms with Gasteiger partial charge in [0.25, 0.3) is 0 Å². The highest BCUT2D eigenvalue weighted by Crippen LogP contribution is 2.53. The molecule has 1 aromatic rings. The van der Waals surface area contributed by atoms with Gasteiger partial charge in [0.1, 0.15) is 29.3 Å². The molecule has 3 N–H and O–H groups in total. The molecule has 2 aliphatic heterocycles. The number of nitrogens with two attached hydrogens (primary N) is 1.